The van der Waals surface area contributed by atoms with Crippen molar-refractivity contribution in [2.75, 3.05) is 0 Å². The van der Waals surface area contributed by atoms with Crippen molar-refractivity contribution in [1.82, 2.24) is 4.98 Å². The molecule has 0 saturated heterocycles. The number of aryl methyl sites for hydroxylation is 1. The zero-order valence-electron chi connectivity index (χ0n) is 10.6. The van der Waals surface area contributed by atoms with E-state index in [1.54, 1.807) is 18.0 Å². The smallest absolute Gasteiger partial charge is 0.104 e. The van der Waals surface area contributed by atoms with Crippen LogP contribution >= 0.6 is 11.8 Å². The van der Waals surface area contributed by atoms with Gasteiger partial charge in [0.25, 0.3) is 0 Å². The molecule has 1 aromatic heterocycles. The molecule has 1 heterocycles. The fourth-order valence-corrected chi connectivity index (χ4v) is 2.55. The van der Waals surface area contributed by atoms with E-state index in [1.807, 2.05) is 38.1 Å². The van der Waals surface area contributed by atoms with E-state index in [-0.39, 0.29) is 0 Å². The molecule has 0 radical (unpaired) electrons. The van der Waals surface area contributed by atoms with Crippen molar-refractivity contribution >= 4 is 11.8 Å². The summed E-state index contributed by atoms with van der Waals surface area (Å²) in [6.07, 6.45) is 2.07. The molecule has 1 atom stereocenters. The summed E-state index contributed by atoms with van der Waals surface area (Å²) in [4.78, 5) is 5.62. The lowest BCUT2D eigenvalue weighted by molar-refractivity contribution is 0.173. The monoisotopic (exact) mass is 259 g/mol. The third kappa shape index (κ3) is 3.12. The number of hydrogen-bond acceptors (Lipinski definition) is 3. The first-order chi connectivity index (χ1) is 8.70. The van der Waals surface area contributed by atoms with Crippen molar-refractivity contribution in [2.24, 2.45) is 0 Å². The van der Waals surface area contributed by atoms with Crippen LogP contribution < -0.4 is 0 Å². The average Bonchev–Trinajstić information content (AvgIpc) is 2.41. The van der Waals surface area contributed by atoms with Gasteiger partial charge in [-0.15, -0.1) is 0 Å². The molecular weight excluding hydrogens is 242 g/mol. The van der Waals surface area contributed by atoms with Crippen molar-refractivity contribution in [3.05, 3.63) is 53.7 Å². The summed E-state index contributed by atoms with van der Waals surface area (Å²) in [7, 11) is 0. The van der Waals surface area contributed by atoms with Crippen LogP contribution in [0.15, 0.2) is 52.5 Å². The van der Waals surface area contributed by atoms with E-state index in [2.05, 4.69) is 17.1 Å². The zero-order valence-corrected chi connectivity index (χ0v) is 11.4. The van der Waals surface area contributed by atoms with Gasteiger partial charge < -0.3 is 5.11 Å². The topological polar surface area (TPSA) is 33.1 Å². The Morgan fingerprint density at radius 1 is 1.28 bits per heavy atom. The first-order valence-corrected chi connectivity index (χ1v) is 6.90. The van der Waals surface area contributed by atoms with Crippen molar-refractivity contribution in [3.8, 4) is 0 Å². The lowest BCUT2D eigenvalue weighted by atomic mass is 10.1. The molecule has 0 unspecified atom stereocenters. The summed E-state index contributed by atoms with van der Waals surface area (Å²) in [6, 6.07) is 12.2. The first kappa shape index (κ1) is 13.1. The zero-order chi connectivity index (χ0) is 13.0. The van der Waals surface area contributed by atoms with Crippen molar-refractivity contribution in [1.29, 1.82) is 0 Å². The SMILES string of the molecule is CC[C@@H](O)c1cnc(Sc2ccccc2)c(C)c1. The molecule has 2 nitrogen and oxygen atoms in total. The first-order valence-electron chi connectivity index (χ1n) is 6.08. The van der Waals surface area contributed by atoms with Gasteiger partial charge in [0.15, 0.2) is 0 Å². The highest BCUT2D eigenvalue weighted by atomic mass is 32.2. The maximum atomic E-state index is 9.79. The average molecular weight is 259 g/mol. The van der Waals surface area contributed by atoms with Gasteiger partial charge >= 0.3 is 0 Å². The summed E-state index contributed by atoms with van der Waals surface area (Å²) in [5.41, 5.74) is 2.00. The molecule has 0 aliphatic rings. The Morgan fingerprint density at radius 2 is 2.00 bits per heavy atom. The summed E-state index contributed by atoms with van der Waals surface area (Å²) >= 11 is 1.65. The van der Waals surface area contributed by atoms with Crippen LogP contribution in [0.2, 0.25) is 0 Å². The Labute approximate surface area is 112 Å². The van der Waals surface area contributed by atoms with Gasteiger partial charge in [-0.2, -0.15) is 0 Å². The number of pyridine rings is 1. The molecule has 0 bridgehead atoms. The summed E-state index contributed by atoms with van der Waals surface area (Å²) in [6.45, 7) is 4.00. The van der Waals surface area contributed by atoms with E-state index in [4.69, 9.17) is 0 Å². The molecule has 3 heteroatoms. The maximum Gasteiger partial charge on any atom is 0.104 e. The second-order valence-corrected chi connectivity index (χ2v) is 5.29. The summed E-state index contributed by atoms with van der Waals surface area (Å²) < 4.78 is 0. The van der Waals surface area contributed by atoms with E-state index in [9.17, 15) is 5.11 Å². The molecule has 1 N–H and O–H groups in total. The molecule has 1 aromatic carbocycles. The van der Waals surface area contributed by atoms with Crippen molar-refractivity contribution < 1.29 is 5.11 Å². The van der Waals surface area contributed by atoms with Crippen LogP contribution in [0.5, 0.6) is 0 Å². The number of hydrogen-bond donors (Lipinski definition) is 1. The predicted octanol–water partition coefficient (Wildman–Crippen LogP) is 3.98. The fourth-order valence-electron chi connectivity index (χ4n) is 1.71. The fraction of sp³-hybridized carbons (Fsp3) is 0.267. The summed E-state index contributed by atoms with van der Waals surface area (Å²) in [5, 5.41) is 10.8. The van der Waals surface area contributed by atoms with Crippen LogP contribution in [0.25, 0.3) is 0 Å². The van der Waals surface area contributed by atoms with Gasteiger partial charge in [-0.3, -0.25) is 0 Å². The number of nitrogens with zero attached hydrogens (tertiary/aromatic N) is 1. The minimum atomic E-state index is -0.410. The Bertz CT molecular complexity index is 513. The van der Waals surface area contributed by atoms with Crippen LogP contribution in [-0.4, -0.2) is 10.1 Å². The number of aromatic nitrogens is 1. The molecule has 18 heavy (non-hydrogen) atoms. The maximum absolute atomic E-state index is 9.79. The number of benzene rings is 1. The van der Waals surface area contributed by atoms with Crippen molar-refractivity contribution in [3.63, 3.8) is 0 Å². The van der Waals surface area contributed by atoms with Gasteiger partial charge in [-0.05, 0) is 42.7 Å². The largest absolute Gasteiger partial charge is 0.388 e. The normalized spacial score (nSPS) is 12.4. The standard InChI is InChI=1S/C15H17NOS/c1-3-14(17)12-9-11(2)15(16-10-12)18-13-7-5-4-6-8-13/h4-10,14,17H,3H2,1-2H3/t14-/m1/s1. The van der Waals surface area contributed by atoms with Crippen LogP contribution in [0.3, 0.4) is 0 Å². The molecule has 0 fully saturated rings. The van der Waals surface area contributed by atoms with E-state index < -0.39 is 6.10 Å². The molecule has 0 aliphatic heterocycles. The second-order valence-electron chi connectivity index (χ2n) is 4.23. The molecule has 0 saturated carbocycles. The van der Waals surface area contributed by atoms with Crippen LogP contribution in [0.4, 0.5) is 0 Å². The molecule has 0 aliphatic carbocycles. The van der Waals surface area contributed by atoms with Gasteiger partial charge in [0.1, 0.15) is 5.03 Å². The Morgan fingerprint density at radius 3 is 2.61 bits per heavy atom. The molecule has 0 spiro atoms. The van der Waals surface area contributed by atoms with Crippen molar-refractivity contribution in [2.45, 2.75) is 36.3 Å². The van der Waals surface area contributed by atoms with E-state index in [0.29, 0.717) is 6.42 Å². The molecular formula is C15H17NOS. The minimum Gasteiger partial charge on any atom is -0.388 e. The van der Waals surface area contributed by atoms with Gasteiger partial charge in [-0.1, -0.05) is 36.9 Å². The second kappa shape index (κ2) is 6.03. The van der Waals surface area contributed by atoms with Gasteiger partial charge in [-0.25, -0.2) is 4.98 Å². The molecule has 2 rings (SSSR count). The van der Waals surface area contributed by atoms with Crippen LogP contribution in [0, 0.1) is 6.92 Å². The third-order valence-corrected chi connectivity index (χ3v) is 3.91. The third-order valence-electron chi connectivity index (χ3n) is 2.78. The number of rotatable bonds is 4. The number of aliphatic hydroxyl groups excluding tert-OH is 1. The lowest BCUT2D eigenvalue weighted by Crippen LogP contribution is -1.98. The summed E-state index contributed by atoms with van der Waals surface area (Å²) in [5.74, 6) is 0. The van der Waals surface area contributed by atoms with E-state index >= 15 is 0 Å². The highest BCUT2D eigenvalue weighted by molar-refractivity contribution is 7.99. The van der Waals surface area contributed by atoms with E-state index in [1.165, 1.54) is 4.90 Å². The minimum absolute atomic E-state index is 0.410. The highest BCUT2D eigenvalue weighted by Gasteiger charge is 2.08. The van der Waals surface area contributed by atoms with Gasteiger partial charge in [0.2, 0.25) is 0 Å². The predicted molar refractivity (Wildman–Crippen MR) is 74.8 cm³/mol. The molecule has 0 amide bonds. The number of aliphatic hydroxyl groups is 1. The highest BCUT2D eigenvalue weighted by Crippen LogP contribution is 2.29. The molecule has 2 aromatic rings. The van der Waals surface area contributed by atoms with E-state index in [0.717, 1.165) is 16.2 Å². The van der Waals surface area contributed by atoms with Crippen LogP contribution in [0.1, 0.15) is 30.6 Å². The lowest BCUT2D eigenvalue weighted by Gasteiger charge is -2.10. The molecule has 94 valence electrons. The quantitative estimate of drug-likeness (QED) is 0.901. The van der Waals surface area contributed by atoms with Gasteiger partial charge in [0, 0.05) is 11.1 Å². The van der Waals surface area contributed by atoms with Gasteiger partial charge in [0.05, 0.1) is 6.10 Å². The Hall–Kier alpha value is -1.32. The Kier molecular flexibility index (Phi) is 4.39. The van der Waals surface area contributed by atoms with Crippen LogP contribution in [-0.2, 0) is 0 Å². The Balaban J connectivity index is 2.20.